The third-order valence-corrected chi connectivity index (χ3v) is 4.22. The van der Waals surface area contributed by atoms with Crippen LogP contribution in [0.3, 0.4) is 0 Å². The van der Waals surface area contributed by atoms with Gasteiger partial charge in [0.25, 0.3) is 5.91 Å². The molecular formula is C19H24N2O4S. The van der Waals surface area contributed by atoms with Gasteiger partial charge in [-0.05, 0) is 49.6 Å². The normalized spacial score (nSPS) is 11.0. The molecule has 0 atom stereocenters. The van der Waals surface area contributed by atoms with Crippen molar-refractivity contribution in [3.05, 3.63) is 59.7 Å². The van der Waals surface area contributed by atoms with E-state index in [1.54, 1.807) is 12.1 Å². The fourth-order valence-electron chi connectivity index (χ4n) is 2.31. The molecule has 6 nitrogen and oxygen atoms in total. The van der Waals surface area contributed by atoms with Crippen LogP contribution in [-0.4, -0.2) is 33.7 Å². The Morgan fingerprint density at radius 3 is 2.31 bits per heavy atom. The number of benzene rings is 2. The number of hydrogen-bond donors (Lipinski definition) is 2. The Morgan fingerprint density at radius 1 is 1.04 bits per heavy atom. The van der Waals surface area contributed by atoms with E-state index in [9.17, 15) is 13.2 Å². The quantitative estimate of drug-likeness (QED) is 0.659. The molecule has 0 bridgehead atoms. The van der Waals surface area contributed by atoms with Crippen molar-refractivity contribution in [3.63, 3.8) is 0 Å². The van der Waals surface area contributed by atoms with E-state index in [4.69, 9.17) is 4.74 Å². The molecule has 1 amide bonds. The van der Waals surface area contributed by atoms with Crippen LogP contribution in [0.2, 0.25) is 0 Å². The lowest BCUT2D eigenvalue weighted by molar-refractivity contribution is -0.123. The first-order chi connectivity index (χ1) is 12.3. The van der Waals surface area contributed by atoms with Crippen molar-refractivity contribution in [2.24, 2.45) is 0 Å². The molecule has 0 spiro atoms. The molecule has 0 unspecified atom stereocenters. The molecule has 0 fully saturated rings. The molecule has 140 valence electrons. The van der Waals surface area contributed by atoms with Gasteiger partial charge in [-0.2, -0.15) is 0 Å². The maximum absolute atomic E-state index is 11.8. The first-order valence-electron chi connectivity index (χ1n) is 8.35. The summed E-state index contributed by atoms with van der Waals surface area (Å²) < 4.78 is 30.2. The van der Waals surface area contributed by atoms with Crippen LogP contribution in [0.15, 0.2) is 48.5 Å². The second kappa shape index (κ2) is 9.24. The van der Waals surface area contributed by atoms with Crippen LogP contribution in [0, 0.1) is 6.92 Å². The predicted molar refractivity (Wildman–Crippen MR) is 103 cm³/mol. The maximum Gasteiger partial charge on any atom is 0.257 e. The highest BCUT2D eigenvalue weighted by Gasteiger charge is 2.04. The Labute approximate surface area is 154 Å². The largest absolute Gasteiger partial charge is 0.484 e. The van der Waals surface area contributed by atoms with Gasteiger partial charge in [-0.25, -0.2) is 8.42 Å². The lowest BCUT2D eigenvalue weighted by Crippen LogP contribution is -2.29. The van der Waals surface area contributed by atoms with Crippen molar-refractivity contribution in [2.45, 2.75) is 19.8 Å². The molecule has 0 saturated heterocycles. The fraction of sp³-hybridized carbons (Fsp3) is 0.316. The molecule has 2 rings (SSSR count). The molecule has 0 radical (unpaired) electrons. The number of aryl methyl sites for hydroxylation is 2. The van der Waals surface area contributed by atoms with E-state index >= 15 is 0 Å². The highest BCUT2D eigenvalue weighted by Crippen LogP contribution is 2.12. The number of ether oxygens (including phenoxy) is 1. The molecule has 0 aliphatic carbocycles. The van der Waals surface area contributed by atoms with Gasteiger partial charge in [-0.1, -0.05) is 29.8 Å². The number of sulfonamides is 1. The summed E-state index contributed by atoms with van der Waals surface area (Å²) in [6, 6.07) is 14.7. The standard InChI is InChI=1S/C19H24N2O4S/c1-15-5-11-18(12-6-15)25-14-19(22)20-13-3-4-16-7-9-17(10-8-16)21-26(2,23)24/h5-12,21H,3-4,13-14H2,1-2H3,(H,20,22). The highest BCUT2D eigenvalue weighted by atomic mass is 32.2. The van der Waals surface area contributed by atoms with Gasteiger partial charge in [-0.3, -0.25) is 9.52 Å². The van der Waals surface area contributed by atoms with Crippen molar-refractivity contribution in [1.29, 1.82) is 0 Å². The van der Waals surface area contributed by atoms with Crippen molar-refractivity contribution < 1.29 is 17.9 Å². The monoisotopic (exact) mass is 376 g/mol. The van der Waals surface area contributed by atoms with Crippen LogP contribution in [0.5, 0.6) is 5.75 Å². The summed E-state index contributed by atoms with van der Waals surface area (Å²) in [5.41, 5.74) is 2.76. The van der Waals surface area contributed by atoms with Crippen LogP contribution in [0.1, 0.15) is 17.5 Å². The Bertz CT molecular complexity index is 816. The summed E-state index contributed by atoms with van der Waals surface area (Å²) in [6.07, 6.45) is 2.69. The summed E-state index contributed by atoms with van der Waals surface area (Å²) in [7, 11) is -3.26. The van der Waals surface area contributed by atoms with E-state index in [1.165, 1.54) is 0 Å². The molecule has 0 saturated carbocycles. The van der Waals surface area contributed by atoms with E-state index < -0.39 is 10.0 Å². The first kappa shape index (κ1) is 19.8. The van der Waals surface area contributed by atoms with E-state index in [0.29, 0.717) is 18.0 Å². The van der Waals surface area contributed by atoms with E-state index in [-0.39, 0.29) is 12.5 Å². The molecular weight excluding hydrogens is 352 g/mol. The number of anilines is 1. The molecule has 0 aliphatic heterocycles. The van der Waals surface area contributed by atoms with Crippen molar-refractivity contribution in [3.8, 4) is 5.75 Å². The van der Waals surface area contributed by atoms with Crippen LogP contribution in [0.4, 0.5) is 5.69 Å². The first-order valence-corrected chi connectivity index (χ1v) is 10.2. The topological polar surface area (TPSA) is 84.5 Å². The number of carbonyl (C=O) groups excluding carboxylic acids is 1. The second-order valence-electron chi connectivity index (χ2n) is 6.13. The number of hydrogen-bond acceptors (Lipinski definition) is 4. The van der Waals surface area contributed by atoms with Crippen LogP contribution < -0.4 is 14.8 Å². The molecule has 0 aromatic heterocycles. The summed E-state index contributed by atoms with van der Waals surface area (Å²) >= 11 is 0. The summed E-state index contributed by atoms with van der Waals surface area (Å²) in [5, 5.41) is 2.82. The van der Waals surface area contributed by atoms with Gasteiger partial charge in [0.2, 0.25) is 10.0 Å². The van der Waals surface area contributed by atoms with Gasteiger partial charge in [0.15, 0.2) is 6.61 Å². The third-order valence-electron chi connectivity index (χ3n) is 3.61. The van der Waals surface area contributed by atoms with Crippen LogP contribution >= 0.6 is 0 Å². The predicted octanol–water partition coefficient (Wildman–Crippen LogP) is 2.49. The summed E-state index contributed by atoms with van der Waals surface area (Å²) in [5.74, 6) is 0.520. The SMILES string of the molecule is Cc1ccc(OCC(=O)NCCCc2ccc(NS(C)(=O)=O)cc2)cc1. The zero-order valence-electron chi connectivity index (χ0n) is 15.0. The summed E-state index contributed by atoms with van der Waals surface area (Å²) in [6.45, 7) is 2.54. The number of carbonyl (C=O) groups is 1. The fourth-order valence-corrected chi connectivity index (χ4v) is 2.87. The lowest BCUT2D eigenvalue weighted by atomic mass is 10.1. The van der Waals surface area contributed by atoms with Crippen molar-refractivity contribution >= 4 is 21.6 Å². The molecule has 0 aliphatic rings. The van der Waals surface area contributed by atoms with Crippen LogP contribution in [0.25, 0.3) is 0 Å². The molecule has 0 heterocycles. The smallest absolute Gasteiger partial charge is 0.257 e. The second-order valence-corrected chi connectivity index (χ2v) is 7.87. The maximum atomic E-state index is 11.8. The molecule has 2 aromatic rings. The van der Waals surface area contributed by atoms with Crippen molar-refractivity contribution in [1.82, 2.24) is 5.32 Å². The minimum Gasteiger partial charge on any atom is -0.484 e. The van der Waals surface area contributed by atoms with Gasteiger partial charge >= 0.3 is 0 Å². The number of rotatable bonds is 9. The minimum atomic E-state index is -3.26. The number of nitrogens with one attached hydrogen (secondary N) is 2. The Kier molecular flexibility index (Phi) is 7.03. The highest BCUT2D eigenvalue weighted by molar-refractivity contribution is 7.92. The molecule has 7 heteroatoms. The Morgan fingerprint density at radius 2 is 1.69 bits per heavy atom. The van der Waals surface area contributed by atoms with Gasteiger partial charge in [0.1, 0.15) is 5.75 Å². The van der Waals surface area contributed by atoms with E-state index in [2.05, 4.69) is 10.0 Å². The van der Waals surface area contributed by atoms with E-state index in [0.717, 1.165) is 30.2 Å². The summed E-state index contributed by atoms with van der Waals surface area (Å²) in [4.78, 5) is 11.8. The lowest BCUT2D eigenvalue weighted by Gasteiger charge is -2.08. The van der Waals surface area contributed by atoms with Gasteiger partial charge in [-0.15, -0.1) is 0 Å². The Hall–Kier alpha value is -2.54. The molecule has 2 aromatic carbocycles. The average molecular weight is 376 g/mol. The molecule has 2 N–H and O–H groups in total. The van der Waals surface area contributed by atoms with Gasteiger partial charge < -0.3 is 10.1 Å². The van der Waals surface area contributed by atoms with Gasteiger partial charge in [0.05, 0.1) is 6.26 Å². The zero-order chi connectivity index (χ0) is 19.0. The molecule has 26 heavy (non-hydrogen) atoms. The third kappa shape index (κ3) is 7.57. The van der Waals surface area contributed by atoms with Gasteiger partial charge in [0, 0.05) is 12.2 Å². The minimum absolute atomic E-state index is 0.00504. The zero-order valence-corrected chi connectivity index (χ0v) is 15.8. The number of amides is 1. The van der Waals surface area contributed by atoms with Crippen LogP contribution in [-0.2, 0) is 21.2 Å². The Balaban J connectivity index is 1.65. The van der Waals surface area contributed by atoms with Crippen molar-refractivity contribution in [2.75, 3.05) is 24.1 Å². The average Bonchev–Trinajstić information content (AvgIpc) is 2.58. The van der Waals surface area contributed by atoms with E-state index in [1.807, 2.05) is 43.3 Å².